The second kappa shape index (κ2) is 7.32. The lowest BCUT2D eigenvalue weighted by Crippen LogP contribution is -2.38. The van der Waals surface area contributed by atoms with Crippen LogP contribution in [0.1, 0.15) is 20.8 Å². The van der Waals surface area contributed by atoms with Crippen molar-refractivity contribution in [1.29, 1.82) is 0 Å². The molecule has 0 spiro atoms. The summed E-state index contributed by atoms with van der Waals surface area (Å²) in [5, 5.41) is 1.99. The van der Waals surface area contributed by atoms with Gasteiger partial charge in [-0.3, -0.25) is 4.79 Å². The highest BCUT2D eigenvalue weighted by Crippen LogP contribution is 2.25. The lowest BCUT2D eigenvalue weighted by atomic mass is 10.2. The van der Waals surface area contributed by atoms with Crippen LogP contribution in [-0.2, 0) is 6.54 Å². The molecule has 24 heavy (non-hydrogen) atoms. The molecule has 0 aromatic carbocycles. The van der Waals surface area contributed by atoms with E-state index in [1.165, 1.54) is 11.3 Å². The topological polar surface area (TPSA) is 39.7 Å². The third kappa shape index (κ3) is 3.60. The van der Waals surface area contributed by atoms with E-state index in [9.17, 15) is 4.79 Å². The number of rotatable bonds is 4. The molecule has 0 atom stereocenters. The van der Waals surface area contributed by atoms with Crippen LogP contribution in [0, 0.1) is 6.92 Å². The zero-order valence-electron chi connectivity index (χ0n) is 14.5. The second-order valence-corrected chi connectivity index (χ2v) is 7.35. The van der Waals surface area contributed by atoms with Crippen molar-refractivity contribution >= 4 is 23.1 Å². The number of aromatic nitrogens is 1. The Kier molecular flexibility index (Phi) is 5.16. The highest BCUT2D eigenvalue weighted by molar-refractivity contribution is 7.12. The summed E-state index contributed by atoms with van der Waals surface area (Å²) < 4.78 is 0. The predicted molar refractivity (Wildman–Crippen MR) is 98.8 cm³/mol. The number of likely N-dealkylation sites (N-methyl/N-ethyl adjacent to an activating group) is 1. The maximum atomic E-state index is 12.9. The minimum Gasteiger partial charge on any atom is -0.353 e. The predicted octanol–water partition coefficient (Wildman–Crippen LogP) is 2.48. The van der Waals surface area contributed by atoms with E-state index >= 15 is 0 Å². The summed E-state index contributed by atoms with van der Waals surface area (Å²) >= 11 is 1.53. The molecular weight excluding hydrogens is 320 g/mol. The molecule has 0 unspecified atom stereocenters. The van der Waals surface area contributed by atoms with Crippen molar-refractivity contribution in [2.75, 3.05) is 45.2 Å². The van der Waals surface area contributed by atoms with Crippen molar-refractivity contribution in [3.05, 3.63) is 45.8 Å². The van der Waals surface area contributed by atoms with E-state index in [-0.39, 0.29) is 5.91 Å². The highest BCUT2D eigenvalue weighted by atomic mass is 32.1. The van der Waals surface area contributed by atoms with Gasteiger partial charge in [-0.15, -0.1) is 11.3 Å². The normalized spacial score (nSPS) is 14.7. The van der Waals surface area contributed by atoms with E-state index in [0.717, 1.165) is 48.0 Å². The molecule has 1 aliphatic heterocycles. The van der Waals surface area contributed by atoms with Gasteiger partial charge in [0, 0.05) is 44.5 Å². The number of thiophene rings is 1. The van der Waals surface area contributed by atoms with Gasteiger partial charge in [0.25, 0.3) is 5.91 Å². The van der Waals surface area contributed by atoms with E-state index in [1.54, 1.807) is 0 Å². The van der Waals surface area contributed by atoms with Gasteiger partial charge in [0.15, 0.2) is 0 Å². The first kappa shape index (κ1) is 16.9. The van der Waals surface area contributed by atoms with Crippen molar-refractivity contribution in [1.82, 2.24) is 14.8 Å². The molecule has 2 aromatic heterocycles. The minimum atomic E-state index is 0.131. The Balaban J connectivity index is 1.83. The van der Waals surface area contributed by atoms with Gasteiger partial charge in [-0.25, -0.2) is 4.98 Å². The number of nitrogens with zero attached hydrogens (tertiary/aromatic N) is 4. The highest BCUT2D eigenvalue weighted by Gasteiger charge is 2.25. The quantitative estimate of drug-likeness (QED) is 0.854. The van der Waals surface area contributed by atoms with Gasteiger partial charge < -0.3 is 14.7 Å². The van der Waals surface area contributed by atoms with Gasteiger partial charge >= 0.3 is 0 Å². The van der Waals surface area contributed by atoms with Crippen LogP contribution in [0.3, 0.4) is 0 Å². The number of hydrogen-bond acceptors (Lipinski definition) is 5. The summed E-state index contributed by atoms with van der Waals surface area (Å²) in [5.74, 6) is 1.14. The fourth-order valence-corrected chi connectivity index (χ4v) is 3.81. The lowest BCUT2D eigenvalue weighted by molar-refractivity contribution is 0.0755. The van der Waals surface area contributed by atoms with Gasteiger partial charge in [0.1, 0.15) is 5.82 Å². The summed E-state index contributed by atoms with van der Waals surface area (Å²) in [6.45, 7) is 6.04. The first-order valence-electron chi connectivity index (χ1n) is 8.23. The SMILES string of the molecule is Cc1ccsc1C(=O)N1CCN(CCN(C)C)c2ncccc2C1. The first-order valence-corrected chi connectivity index (χ1v) is 9.11. The molecule has 0 bridgehead atoms. The van der Waals surface area contributed by atoms with Gasteiger partial charge in [-0.2, -0.15) is 0 Å². The zero-order valence-corrected chi connectivity index (χ0v) is 15.3. The van der Waals surface area contributed by atoms with Crippen molar-refractivity contribution < 1.29 is 4.79 Å². The summed E-state index contributed by atoms with van der Waals surface area (Å²) in [5.41, 5.74) is 2.18. The van der Waals surface area contributed by atoms with Crippen LogP contribution in [-0.4, -0.2) is 61.0 Å². The minimum absolute atomic E-state index is 0.131. The third-order valence-corrected chi connectivity index (χ3v) is 5.33. The average Bonchev–Trinajstić information content (AvgIpc) is 2.90. The number of aryl methyl sites for hydroxylation is 1. The van der Waals surface area contributed by atoms with Crippen LogP contribution in [0.25, 0.3) is 0 Å². The van der Waals surface area contributed by atoms with Crippen molar-refractivity contribution in [2.24, 2.45) is 0 Å². The number of anilines is 1. The van der Waals surface area contributed by atoms with E-state index < -0.39 is 0 Å². The standard InChI is InChI=1S/C18H24N4OS/c1-14-6-12-24-16(14)18(23)22-11-10-21(9-8-20(2)3)17-15(13-22)5-4-7-19-17/h4-7,12H,8-11,13H2,1-3H3. The zero-order chi connectivity index (χ0) is 17.1. The number of carbonyl (C=O) groups excluding carboxylic acids is 1. The third-order valence-electron chi connectivity index (χ3n) is 4.33. The number of carbonyl (C=O) groups is 1. The number of amides is 1. The summed E-state index contributed by atoms with van der Waals surface area (Å²) in [4.78, 5) is 24.8. The lowest BCUT2D eigenvalue weighted by Gasteiger charge is -2.25. The van der Waals surface area contributed by atoms with E-state index in [2.05, 4.69) is 34.9 Å². The van der Waals surface area contributed by atoms with Gasteiger partial charge in [0.2, 0.25) is 0 Å². The van der Waals surface area contributed by atoms with Crippen LogP contribution in [0.4, 0.5) is 5.82 Å². The Labute approximate surface area is 147 Å². The fraction of sp³-hybridized carbons (Fsp3) is 0.444. The number of hydrogen-bond donors (Lipinski definition) is 0. The molecule has 0 fully saturated rings. The van der Waals surface area contributed by atoms with E-state index in [4.69, 9.17) is 0 Å². The van der Waals surface area contributed by atoms with Gasteiger partial charge in [-0.1, -0.05) is 6.07 Å². The maximum absolute atomic E-state index is 12.9. The molecule has 6 heteroatoms. The molecule has 3 rings (SSSR count). The number of pyridine rings is 1. The molecule has 128 valence electrons. The van der Waals surface area contributed by atoms with E-state index in [1.807, 2.05) is 35.5 Å². The molecular formula is C18H24N4OS. The Morgan fingerprint density at radius 2 is 2.17 bits per heavy atom. The Hall–Kier alpha value is -1.92. The monoisotopic (exact) mass is 344 g/mol. The molecule has 0 aliphatic carbocycles. The molecule has 1 aliphatic rings. The van der Waals surface area contributed by atoms with E-state index in [0.29, 0.717) is 6.54 Å². The van der Waals surface area contributed by atoms with Gasteiger partial charge in [0.05, 0.1) is 4.88 Å². The molecule has 0 radical (unpaired) electrons. The van der Waals surface area contributed by atoms with Crippen LogP contribution >= 0.6 is 11.3 Å². The summed E-state index contributed by atoms with van der Waals surface area (Å²) in [7, 11) is 4.15. The van der Waals surface area contributed by atoms with Crippen molar-refractivity contribution in [3.63, 3.8) is 0 Å². The summed E-state index contributed by atoms with van der Waals surface area (Å²) in [6, 6.07) is 6.04. The molecule has 0 saturated heterocycles. The van der Waals surface area contributed by atoms with Crippen LogP contribution < -0.4 is 4.90 Å². The number of fused-ring (bicyclic) bond motifs is 1. The van der Waals surface area contributed by atoms with Crippen LogP contribution in [0.2, 0.25) is 0 Å². The van der Waals surface area contributed by atoms with Crippen LogP contribution in [0.15, 0.2) is 29.8 Å². The summed E-state index contributed by atoms with van der Waals surface area (Å²) in [6.07, 6.45) is 1.84. The van der Waals surface area contributed by atoms with Crippen molar-refractivity contribution in [3.8, 4) is 0 Å². The van der Waals surface area contributed by atoms with Crippen molar-refractivity contribution in [2.45, 2.75) is 13.5 Å². The van der Waals surface area contributed by atoms with Crippen LogP contribution in [0.5, 0.6) is 0 Å². The molecule has 3 heterocycles. The molecule has 1 amide bonds. The molecule has 0 saturated carbocycles. The molecule has 2 aromatic rings. The largest absolute Gasteiger partial charge is 0.353 e. The molecule has 5 nitrogen and oxygen atoms in total. The smallest absolute Gasteiger partial charge is 0.264 e. The Morgan fingerprint density at radius 3 is 2.88 bits per heavy atom. The Morgan fingerprint density at radius 1 is 1.33 bits per heavy atom. The fourth-order valence-electron chi connectivity index (χ4n) is 2.92. The molecule has 0 N–H and O–H groups in total. The Bertz CT molecular complexity index is 713. The average molecular weight is 344 g/mol. The maximum Gasteiger partial charge on any atom is 0.264 e. The first-order chi connectivity index (χ1) is 11.6. The second-order valence-electron chi connectivity index (χ2n) is 6.44. The van der Waals surface area contributed by atoms with Gasteiger partial charge in [-0.05, 0) is 44.1 Å².